The van der Waals surface area contributed by atoms with Crippen LogP contribution in [0.4, 0.5) is 0 Å². The molecule has 1 aromatic rings. The number of likely N-dealkylation sites (N-methyl/N-ethyl adjacent to an activating group) is 1. The smallest absolute Gasteiger partial charge is 0.243 e. The summed E-state index contributed by atoms with van der Waals surface area (Å²) in [5.41, 5.74) is 0. The number of amides is 1. The lowest BCUT2D eigenvalue weighted by molar-refractivity contribution is -0.127. The van der Waals surface area contributed by atoms with Crippen LogP contribution in [0.15, 0.2) is 40.2 Å². The maximum absolute atomic E-state index is 11.8. The summed E-state index contributed by atoms with van der Waals surface area (Å²) in [6.45, 7) is 3.37. The molecule has 1 aliphatic heterocycles. The largest absolute Gasteiger partial charge is 0.381 e. The van der Waals surface area contributed by atoms with Crippen LogP contribution < -0.4 is 10.6 Å². The Kier molecular flexibility index (Phi) is 8.62. The minimum Gasteiger partial charge on any atom is -0.381 e. The van der Waals surface area contributed by atoms with E-state index in [0.29, 0.717) is 11.9 Å². The van der Waals surface area contributed by atoms with E-state index in [1.165, 1.54) is 4.90 Å². The van der Waals surface area contributed by atoms with Gasteiger partial charge in [-0.1, -0.05) is 18.2 Å². The normalized spacial score (nSPS) is 17.4. The molecule has 0 bridgehead atoms. The molecule has 0 aromatic heterocycles. The van der Waals surface area contributed by atoms with E-state index in [4.69, 9.17) is 4.74 Å². The molecule has 1 unspecified atom stereocenters. The van der Waals surface area contributed by atoms with Gasteiger partial charge in [0.15, 0.2) is 5.96 Å². The maximum atomic E-state index is 11.8. The van der Waals surface area contributed by atoms with Crippen molar-refractivity contribution in [2.45, 2.75) is 11.3 Å². The summed E-state index contributed by atoms with van der Waals surface area (Å²) in [5.74, 6) is 2.12. The standard InChI is InChI=1S/C18H28N4O2S/c1-22(2)17(23)13-21-18(20-12-15-8-10-24-14-15)19-9-11-25-16-6-4-3-5-7-16/h3-7,15H,8-14H2,1-2H3,(H2,19,20,21). The molecule has 1 fully saturated rings. The van der Waals surface area contributed by atoms with Crippen molar-refractivity contribution >= 4 is 23.6 Å². The van der Waals surface area contributed by atoms with Gasteiger partial charge in [-0.2, -0.15) is 0 Å². The summed E-state index contributed by atoms with van der Waals surface area (Å²) >= 11 is 1.79. The molecular weight excluding hydrogens is 336 g/mol. The molecule has 1 heterocycles. The van der Waals surface area contributed by atoms with Gasteiger partial charge in [-0.25, -0.2) is 4.99 Å². The van der Waals surface area contributed by atoms with Gasteiger partial charge in [-0.05, 0) is 18.6 Å². The predicted octanol–water partition coefficient (Wildman–Crippen LogP) is 1.44. The first-order valence-electron chi connectivity index (χ1n) is 8.63. The minimum atomic E-state index is -0.0102. The van der Waals surface area contributed by atoms with Gasteiger partial charge in [0.2, 0.25) is 5.91 Å². The van der Waals surface area contributed by atoms with E-state index in [1.54, 1.807) is 30.8 Å². The molecule has 0 spiro atoms. The molecule has 1 aromatic carbocycles. The van der Waals surface area contributed by atoms with E-state index in [-0.39, 0.29) is 12.5 Å². The Bertz CT molecular complexity index is 545. The fourth-order valence-electron chi connectivity index (χ4n) is 2.30. The first kappa shape index (κ1) is 19.6. The van der Waals surface area contributed by atoms with Crippen molar-refractivity contribution in [1.29, 1.82) is 0 Å². The first-order chi connectivity index (χ1) is 12.1. The molecule has 1 saturated heterocycles. The molecular formula is C18H28N4O2S. The average Bonchev–Trinajstić information content (AvgIpc) is 3.14. The molecule has 138 valence electrons. The SMILES string of the molecule is CN(C)C(=O)CN=C(NCCSc1ccccc1)NCC1CCOC1. The highest BCUT2D eigenvalue weighted by Crippen LogP contribution is 2.15. The minimum absolute atomic E-state index is 0.0102. The van der Waals surface area contributed by atoms with Crippen molar-refractivity contribution in [3.63, 3.8) is 0 Å². The molecule has 2 rings (SSSR count). The van der Waals surface area contributed by atoms with Crippen LogP contribution in [-0.4, -0.2) is 69.5 Å². The summed E-state index contributed by atoms with van der Waals surface area (Å²) in [6, 6.07) is 10.3. The molecule has 25 heavy (non-hydrogen) atoms. The molecule has 0 saturated carbocycles. The second kappa shape index (κ2) is 11.0. The van der Waals surface area contributed by atoms with Crippen molar-refractivity contribution < 1.29 is 9.53 Å². The molecule has 0 aliphatic carbocycles. The van der Waals surface area contributed by atoms with Crippen molar-refractivity contribution in [3.8, 4) is 0 Å². The molecule has 1 aliphatic rings. The molecule has 1 amide bonds. The third-order valence-corrected chi connectivity index (χ3v) is 4.87. The lowest BCUT2D eigenvalue weighted by Crippen LogP contribution is -2.41. The van der Waals surface area contributed by atoms with Gasteiger partial charge in [0.05, 0.1) is 6.61 Å². The van der Waals surface area contributed by atoms with E-state index in [9.17, 15) is 4.79 Å². The van der Waals surface area contributed by atoms with Crippen LogP contribution >= 0.6 is 11.8 Å². The fourth-order valence-corrected chi connectivity index (χ4v) is 3.09. The van der Waals surface area contributed by atoms with Crippen LogP contribution in [0.3, 0.4) is 0 Å². The maximum Gasteiger partial charge on any atom is 0.243 e. The second-order valence-corrected chi connectivity index (χ2v) is 7.32. The summed E-state index contributed by atoms with van der Waals surface area (Å²) in [4.78, 5) is 19.0. The summed E-state index contributed by atoms with van der Waals surface area (Å²) in [7, 11) is 3.48. The summed E-state index contributed by atoms with van der Waals surface area (Å²) < 4.78 is 5.40. The highest BCUT2D eigenvalue weighted by Gasteiger charge is 2.15. The van der Waals surface area contributed by atoms with Gasteiger partial charge in [0.25, 0.3) is 0 Å². The average molecular weight is 365 g/mol. The molecule has 0 radical (unpaired) electrons. The third kappa shape index (κ3) is 7.79. The Morgan fingerprint density at radius 2 is 2.12 bits per heavy atom. The van der Waals surface area contributed by atoms with Crippen molar-refractivity contribution in [2.75, 3.05) is 52.7 Å². The first-order valence-corrected chi connectivity index (χ1v) is 9.61. The number of thioether (sulfide) groups is 1. The third-order valence-electron chi connectivity index (χ3n) is 3.86. The van der Waals surface area contributed by atoms with Crippen LogP contribution in [0.2, 0.25) is 0 Å². The quantitative estimate of drug-likeness (QED) is 0.316. The zero-order chi connectivity index (χ0) is 17.9. The monoisotopic (exact) mass is 364 g/mol. The highest BCUT2D eigenvalue weighted by molar-refractivity contribution is 7.99. The highest BCUT2D eigenvalue weighted by atomic mass is 32.2. The number of guanidine groups is 1. The van der Waals surface area contributed by atoms with Crippen LogP contribution in [-0.2, 0) is 9.53 Å². The van der Waals surface area contributed by atoms with Crippen LogP contribution in [0.1, 0.15) is 6.42 Å². The van der Waals surface area contributed by atoms with E-state index < -0.39 is 0 Å². The molecule has 6 nitrogen and oxygen atoms in total. The van der Waals surface area contributed by atoms with Crippen molar-refractivity contribution in [1.82, 2.24) is 15.5 Å². The number of rotatable bonds is 8. The molecule has 7 heteroatoms. The van der Waals surface area contributed by atoms with Crippen LogP contribution in [0, 0.1) is 5.92 Å². The Balaban J connectivity index is 1.77. The summed E-state index contributed by atoms with van der Waals surface area (Å²) in [6.07, 6.45) is 1.07. The number of nitrogens with one attached hydrogen (secondary N) is 2. The lowest BCUT2D eigenvalue weighted by atomic mass is 10.1. The predicted molar refractivity (Wildman–Crippen MR) is 103 cm³/mol. The Morgan fingerprint density at radius 3 is 2.80 bits per heavy atom. The van der Waals surface area contributed by atoms with Gasteiger partial charge in [0.1, 0.15) is 6.54 Å². The van der Waals surface area contributed by atoms with Gasteiger partial charge in [0, 0.05) is 50.4 Å². The van der Waals surface area contributed by atoms with E-state index in [0.717, 1.165) is 38.5 Å². The van der Waals surface area contributed by atoms with Gasteiger partial charge < -0.3 is 20.3 Å². The van der Waals surface area contributed by atoms with E-state index in [1.807, 2.05) is 18.2 Å². The van der Waals surface area contributed by atoms with Crippen molar-refractivity contribution in [2.24, 2.45) is 10.9 Å². The number of benzene rings is 1. The number of hydrogen-bond acceptors (Lipinski definition) is 4. The zero-order valence-corrected chi connectivity index (χ0v) is 15.8. The second-order valence-electron chi connectivity index (χ2n) is 6.15. The number of carbonyl (C=O) groups is 1. The molecule has 2 N–H and O–H groups in total. The Hall–Kier alpha value is -1.73. The van der Waals surface area contributed by atoms with Crippen LogP contribution in [0.25, 0.3) is 0 Å². The summed E-state index contributed by atoms with van der Waals surface area (Å²) in [5, 5.41) is 6.65. The fraction of sp³-hybridized carbons (Fsp3) is 0.556. The Morgan fingerprint density at radius 1 is 1.32 bits per heavy atom. The van der Waals surface area contributed by atoms with E-state index >= 15 is 0 Å². The zero-order valence-electron chi connectivity index (χ0n) is 15.0. The number of nitrogens with zero attached hydrogens (tertiary/aromatic N) is 2. The molecule has 1 atom stereocenters. The number of hydrogen-bond donors (Lipinski definition) is 2. The van der Waals surface area contributed by atoms with Gasteiger partial charge in [-0.3, -0.25) is 4.79 Å². The lowest BCUT2D eigenvalue weighted by Gasteiger charge is -2.15. The van der Waals surface area contributed by atoms with Crippen LogP contribution in [0.5, 0.6) is 0 Å². The van der Waals surface area contributed by atoms with E-state index in [2.05, 4.69) is 27.8 Å². The van der Waals surface area contributed by atoms with Gasteiger partial charge in [-0.15, -0.1) is 11.8 Å². The van der Waals surface area contributed by atoms with Gasteiger partial charge >= 0.3 is 0 Å². The van der Waals surface area contributed by atoms with Crippen molar-refractivity contribution in [3.05, 3.63) is 30.3 Å². The topological polar surface area (TPSA) is 66.0 Å². The number of ether oxygens (including phenoxy) is 1. The Labute approximate surface area is 154 Å². The number of carbonyl (C=O) groups excluding carboxylic acids is 1. The number of aliphatic imine (C=N–C) groups is 1.